The summed E-state index contributed by atoms with van der Waals surface area (Å²) < 4.78 is 39.7. The van der Waals surface area contributed by atoms with Gasteiger partial charge in [-0.05, 0) is 13.8 Å². The Morgan fingerprint density at radius 2 is 1.67 bits per heavy atom. The normalized spacial score (nSPS) is 14.7. The lowest BCUT2D eigenvalue weighted by atomic mass is 9.81. The summed E-state index contributed by atoms with van der Waals surface area (Å²) in [6, 6.07) is 0. The Bertz CT molecular complexity index is 279. The van der Waals surface area contributed by atoms with Crippen molar-refractivity contribution >= 4 is 11.8 Å². The van der Waals surface area contributed by atoms with Crippen molar-refractivity contribution in [2.24, 2.45) is 16.9 Å². The zero-order valence-corrected chi connectivity index (χ0v) is 8.39. The van der Waals surface area contributed by atoms with E-state index in [0.29, 0.717) is 0 Å². The molecule has 0 aliphatic heterocycles. The lowest BCUT2D eigenvalue weighted by molar-refractivity contribution is -0.174. The molecule has 0 bridgehead atoms. The molecule has 0 aliphatic rings. The Morgan fingerprint density at radius 1 is 1.27 bits per heavy atom. The van der Waals surface area contributed by atoms with E-state index < -0.39 is 35.7 Å². The molecule has 2 amide bonds. The van der Waals surface area contributed by atoms with E-state index in [1.807, 2.05) is 0 Å². The molecule has 4 N–H and O–H groups in total. The number of amides is 2. The van der Waals surface area contributed by atoms with Crippen LogP contribution in [-0.4, -0.2) is 23.9 Å². The highest BCUT2D eigenvalue weighted by molar-refractivity contribution is 5.81. The first-order valence-electron chi connectivity index (χ1n) is 4.13. The third kappa shape index (κ3) is 2.60. The molecule has 1 atom stereocenters. The van der Waals surface area contributed by atoms with Gasteiger partial charge in [-0.3, -0.25) is 9.59 Å². The fraction of sp³-hybridized carbons (Fsp3) is 0.750. The maximum absolute atomic E-state index is 13.3. The lowest BCUT2D eigenvalue weighted by Gasteiger charge is -2.32. The van der Waals surface area contributed by atoms with E-state index in [9.17, 15) is 22.8 Å². The number of alkyl halides is 3. The molecule has 0 heterocycles. The summed E-state index contributed by atoms with van der Waals surface area (Å²) in [6.45, 7) is 1.62. The summed E-state index contributed by atoms with van der Waals surface area (Å²) in [7, 11) is 0. The average molecular weight is 226 g/mol. The highest BCUT2D eigenvalue weighted by Gasteiger charge is 2.57. The topological polar surface area (TPSA) is 86.2 Å². The minimum absolute atomic E-state index is 0.808. The number of rotatable bonds is 5. The lowest BCUT2D eigenvalue weighted by Crippen LogP contribution is -2.52. The van der Waals surface area contributed by atoms with Crippen LogP contribution in [0.15, 0.2) is 0 Å². The van der Waals surface area contributed by atoms with Gasteiger partial charge in [-0.1, -0.05) is 0 Å². The summed E-state index contributed by atoms with van der Waals surface area (Å²) in [6.07, 6.45) is -3.97. The molecule has 0 saturated carbocycles. The molecule has 1 unspecified atom stereocenters. The summed E-state index contributed by atoms with van der Waals surface area (Å²) >= 11 is 0. The molecule has 0 rings (SSSR count). The molecule has 88 valence electrons. The Morgan fingerprint density at radius 3 is 1.93 bits per heavy atom. The second-order valence-corrected chi connectivity index (χ2v) is 3.75. The first-order chi connectivity index (χ1) is 6.53. The second-order valence-electron chi connectivity index (χ2n) is 3.75. The Kier molecular flexibility index (Phi) is 3.73. The SMILES string of the molecule is CC(C)(C(N)=O)C(F)(F)C(F)CC(N)=O. The largest absolute Gasteiger partial charge is 0.370 e. The van der Waals surface area contributed by atoms with Gasteiger partial charge in [0.15, 0.2) is 6.17 Å². The standard InChI is InChI=1S/C8H13F3N2O2/c1-7(2,6(13)15)8(10,11)4(9)3-5(12)14/h4H,3H2,1-2H3,(H2,12,14)(H2,13,15). The van der Waals surface area contributed by atoms with Gasteiger partial charge in [0.2, 0.25) is 11.8 Å². The first kappa shape index (κ1) is 13.7. The van der Waals surface area contributed by atoms with Crippen LogP contribution in [0.4, 0.5) is 13.2 Å². The predicted molar refractivity (Wildman–Crippen MR) is 46.6 cm³/mol. The molecular formula is C8H13F3N2O2. The fourth-order valence-electron chi connectivity index (χ4n) is 0.861. The molecule has 0 spiro atoms. The number of halogens is 3. The predicted octanol–water partition coefficient (Wildman–Crippen LogP) is 0.347. The van der Waals surface area contributed by atoms with Gasteiger partial charge in [-0.2, -0.15) is 0 Å². The molecule has 4 nitrogen and oxygen atoms in total. The third-order valence-corrected chi connectivity index (χ3v) is 2.22. The van der Waals surface area contributed by atoms with Crippen LogP contribution in [0.25, 0.3) is 0 Å². The molecule has 7 heteroatoms. The monoisotopic (exact) mass is 226 g/mol. The van der Waals surface area contributed by atoms with Crippen molar-refractivity contribution in [1.82, 2.24) is 0 Å². The van der Waals surface area contributed by atoms with Crippen LogP contribution in [0.2, 0.25) is 0 Å². The van der Waals surface area contributed by atoms with E-state index in [-0.39, 0.29) is 0 Å². The van der Waals surface area contributed by atoms with Crippen molar-refractivity contribution in [2.45, 2.75) is 32.4 Å². The smallest absolute Gasteiger partial charge is 0.292 e. The van der Waals surface area contributed by atoms with E-state index >= 15 is 0 Å². The number of carbonyl (C=O) groups is 2. The number of hydrogen-bond acceptors (Lipinski definition) is 2. The number of nitrogens with two attached hydrogens (primary N) is 2. The average Bonchev–Trinajstić information content (AvgIpc) is 2.01. The van der Waals surface area contributed by atoms with E-state index in [1.54, 1.807) is 0 Å². The van der Waals surface area contributed by atoms with Crippen molar-refractivity contribution < 1.29 is 22.8 Å². The summed E-state index contributed by atoms with van der Waals surface area (Å²) in [4.78, 5) is 21.0. The van der Waals surface area contributed by atoms with Crippen LogP contribution >= 0.6 is 0 Å². The van der Waals surface area contributed by atoms with Gasteiger partial charge in [0, 0.05) is 0 Å². The molecule has 0 aromatic heterocycles. The number of carbonyl (C=O) groups excluding carboxylic acids is 2. The van der Waals surface area contributed by atoms with Crippen molar-refractivity contribution in [3.05, 3.63) is 0 Å². The van der Waals surface area contributed by atoms with E-state index in [0.717, 1.165) is 13.8 Å². The maximum atomic E-state index is 13.3. The number of hydrogen-bond donors (Lipinski definition) is 2. The maximum Gasteiger partial charge on any atom is 0.292 e. The minimum Gasteiger partial charge on any atom is -0.370 e. The fourth-order valence-corrected chi connectivity index (χ4v) is 0.861. The molecule has 0 aromatic carbocycles. The minimum atomic E-state index is -4.03. The van der Waals surface area contributed by atoms with Gasteiger partial charge in [-0.25, -0.2) is 13.2 Å². The Labute approximate surface area is 84.8 Å². The zero-order valence-electron chi connectivity index (χ0n) is 8.39. The molecule has 0 aliphatic carbocycles. The van der Waals surface area contributed by atoms with Gasteiger partial charge in [0.1, 0.15) is 5.41 Å². The van der Waals surface area contributed by atoms with Crippen LogP contribution < -0.4 is 11.5 Å². The summed E-state index contributed by atoms with van der Waals surface area (Å²) in [5.74, 6) is -6.59. The summed E-state index contributed by atoms with van der Waals surface area (Å²) in [5.41, 5.74) is 6.93. The van der Waals surface area contributed by atoms with Gasteiger partial charge in [0.05, 0.1) is 6.42 Å². The van der Waals surface area contributed by atoms with Crippen LogP contribution in [0.3, 0.4) is 0 Å². The van der Waals surface area contributed by atoms with Gasteiger partial charge in [0.25, 0.3) is 5.92 Å². The first-order valence-corrected chi connectivity index (χ1v) is 4.13. The van der Waals surface area contributed by atoms with Crippen LogP contribution in [0.1, 0.15) is 20.3 Å². The molecule has 0 radical (unpaired) electrons. The van der Waals surface area contributed by atoms with E-state index in [4.69, 9.17) is 5.73 Å². The molecule has 0 saturated heterocycles. The van der Waals surface area contributed by atoms with E-state index in [1.165, 1.54) is 0 Å². The Balaban J connectivity index is 4.95. The highest BCUT2D eigenvalue weighted by atomic mass is 19.3. The van der Waals surface area contributed by atoms with E-state index in [2.05, 4.69) is 5.73 Å². The van der Waals surface area contributed by atoms with Crippen molar-refractivity contribution in [1.29, 1.82) is 0 Å². The molecule has 15 heavy (non-hydrogen) atoms. The molecular weight excluding hydrogens is 213 g/mol. The second kappa shape index (κ2) is 4.08. The van der Waals surface area contributed by atoms with Gasteiger partial charge in [-0.15, -0.1) is 0 Å². The Hall–Kier alpha value is -1.27. The summed E-state index contributed by atoms with van der Waals surface area (Å²) in [5, 5.41) is 0. The third-order valence-electron chi connectivity index (χ3n) is 2.22. The zero-order chi connectivity index (χ0) is 12.4. The molecule has 0 aromatic rings. The van der Waals surface area contributed by atoms with Crippen LogP contribution in [-0.2, 0) is 9.59 Å². The molecule has 0 fully saturated rings. The van der Waals surface area contributed by atoms with Gasteiger partial charge < -0.3 is 11.5 Å². The quantitative estimate of drug-likeness (QED) is 0.708. The highest BCUT2D eigenvalue weighted by Crippen LogP contribution is 2.41. The van der Waals surface area contributed by atoms with Crippen LogP contribution in [0.5, 0.6) is 0 Å². The van der Waals surface area contributed by atoms with Crippen molar-refractivity contribution in [2.75, 3.05) is 0 Å². The number of primary amides is 2. The van der Waals surface area contributed by atoms with Gasteiger partial charge >= 0.3 is 0 Å². The van der Waals surface area contributed by atoms with Crippen LogP contribution in [0, 0.1) is 5.41 Å². The van der Waals surface area contributed by atoms with Crippen molar-refractivity contribution in [3.63, 3.8) is 0 Å². The van der Waals surface area contributed by atoms with Crippen molar-refractivity contribution in [3.8, 4) is 0 Å².